The summed E-state index contributed by atoms with van der Waals surface area (Å²) in [6.45, 7) is 0. The van der Waals surface area contributed by atoms with Crippen LogP contribution in [-0.4, -0.2) is 0 Å². The molecule has 0 radical (unpaired) electrons. The maximum atomic E-state index is 3.47. The van der Waals surface area contributed by atoms with Crippen molar-refractivity contribution in [3.8, 4) is 11.1 Å². The molecule has 0 heterocycles. The molecule has 8 rings (SSSR count). The first-order chi connectivity index (χ1) is 25.7. The van der Waals surface area contributed by atoms with Crippen molar-refractivity contribution in [2.45, 2.75) is 0 Å². The lowest BCUT2D eigenvalue weighted by Crippen LogP contribution is -2.09. The van der Waals surface area contributed by atoms with Gasteiger partial charge in [0.1, 0.15) is 0 Å². The number of anilines is 5. The van der Waals surface area contributed by atoms with Gasteiger partial charge in [0, 0.05) is 28.4 Å². The Morgan fingerprint density at radius 1 is 0.346 bits per heavy atom. The van der Waals surface area contributed by atoms with Crippen molar-refractivity contribution in [3.63, 3.8) is 0 Å². The van der Waals surface area contributed by atoms with Crippen molar-refractivity contribution < 1.29 is 0 Å². The van der Waals surface area contributed by atoms with Crippen LogP contribution in [0, 0.1) is 0 Å². The molecule has 8 aromatic rings. The molecule has 0 saturated heterocycles. The Bertz CT molecular complexity index is 2410. The van der Waals surface area contributed by atoms with Crippen LogP contribution < -0.4 is 10.2 Å². The van der Waals surface area contributed by atoms with Crippen molar-refractivity contribution in [1.29, 1.82) is 0 Å². The van der Waals surface area contributed by atoms with Gasteiger partial charge in [0.2, 0.25) is 0 Å². The van der Waals surface area contributed by atoms with Gasteiger partial charge in [0.15, 0.2) is 0 Å². The highest BCUT2D eigenvalue weighted by atomic mass is 15.1. The van der Waals surface area contributed by atoms with Crippen LogP contribution in [0.15, 0.2) is 200 Å². The van der Waals surface area contributed by atoms with E-state index in [9.17, 15) is 0 Å². The highest BCUT2D eigenvalue weighted by Gasteiger charge is 2.11. The van der Waals surface area contributed by atoms with Crippen molar-refractivity contribution in [2.75, 3.05) is 10.2 Å². The van der Waals surface area contributed by atoms with Gasteiger partial charge in [-0.2, -0.15) is 0 Å². The number of benzene rings is 8. The van der Waals surface area contributed by atoms with Crippen molar-refractivity contribution in [3.05, 3.63) is 222 Å². The van der Waals surface area contributed by atoms with E-state index in [1.807, 2.05) is 18.2 Å². The van der Waals surface area contributed by atoms with Crippen LogP contribution in [0.25, 0.3) is 46.2 Å². The van der Waals surface area contributed by atoms with Gasteiger partial charge in [-0.3, -0.25) is 0 Å². The molecule has 0 bridgehead atoms. The van der Waals surface area contributed by atoms with E-state index >= 15 is 0 Å². The number of nitrogens with one attached hydrogen (secondary N) is 1. The number of para-hydroxylation sites is 3. The zero-order chi connectivity index (χ0) is 35.0. The van der Waals surface area contributed by atoms with Crippen LogP contribution in [-0.2, 0) is 0 Å². The summed E-state index contributed by atoms with van der Waals surface area (Å²) in [5.41, 5.74) is 12.6. The van der Waals surface area contributed by atoms with E-state index < -0.39 is 0 Å². The van der Waals surface area contributed by atoms with E-state index in [1.165, 1.54) is 38.6 Å². The lowest BCUT2D eigenvalue weighted by Gasteiger charge is -2.25. The molecule has 0 spiro atoms. The standard InChI is InChI=1S/C50H38N2/c1-4-13-45(14-5-1)51-46-32-30-42(31-33-46)50-19-11-10-12-41(50)27-22-40-24-29-43-36-39(23-28-44(43)37-40)21-20-38-25-34-49(35-26-38)52(47-15-6-2-7-16-47)48-17-8-3-9-18-48/h1-37,51H/b21-20+,27-22+. The van der Waals surface area contributed by atoms with Gasteiger partial charge in [0.05, 0.1) is 0 Å². The minimum Gasteiger partial charge on any atom is -0.356 e. The normalized spacial score (nSPS) is 11.3. The van der Waals surface area contributed by atoms with Crippen molar-refractivity contribution in [1.82, 2.24) is 0 Å². The number of fused-ring (bicyclic) bond motifs is 1. The van der Waals surface area contributed by atoms with Crippen molar-refractivity contribution in [2.24, 2.45) is 0 Å². The molecular weight excluding hydrogens is 629 g/mol. The molecule has 0 aromatic heterocycles. The second-order valence-corrected chi connectivity index (χ2v) is 12.8. The van der Waals surface area contributed by atoms with Gasteiger partial charge >= 0.3 is 0 Å². The highest BCUT2D eigenvalue weighted by molar-refractivity contribution is 5.90. The smallest absolute Gasteiger partial charge is 0.0462 e. The SMILES string of the molecule is C(=C\c1ccc2cc(/C=C/c3ccccc3-c3ccc(Nc4ccccc4)cc3)ccc2c1)/c1ccc(N(c2ccccc2)c2ccccc2)cc1. The first-order valence-corrected chi connectivity index (χ1v) is 17.7. The van der Waals surface area contributed by atoms with E-state index in [0.29, 0.717) is 0 Å². The molecule has 0 unspecified atom stereocenters. The summed E-state index contributed by atoms with van der Waals surface area (Å²) in [5, 5.41) is 5.92. The third-order valence-corrected chi connectivity index (χ3v) is 9.21. The van der Waals surface area contributed by atoms with Gasteiger partial charge in [-0.05, 0) is 117 Å². The summed E-state index contributed by atoms with van der Waals surface area (Å²) >= 11 is 0. The summed E-state index contributed by atoms with van der Waals surface area (Å²) in [4.78, 5) is 2.28. The first-order valence-electron chi connectivity index (χ1n) is 17.7. The third-order valence-electron chi connectivity index (χ3n) is 9.21. The summed E-state index contributed by atoms with van der Waals surface area (Å²) in [6.07, 6.45) is 8.80. The maximum Gasteiger partial charge on any atom is 0.0462 e. The number of rotatable bonds is 10. The number of nitrogens with zero attached hydrogens (tertiary/aromatic N) is 1. The third kappa shape index (κ3) is 7.62. The van der Waals surface area contributed by atoms with E-state index in [-0.39, 0.29) is 0 Å². The molecule has 0 saturated carbocycles. The second kappa shape index (κ2) is 15.3. The zero-order valence-corrected chi connectivity index (χ0v) is 28.8. The molecule has 0 fully saturated rings. The van der Waals surface area contributed by atoms with Gasteiger partial charge in [-0.25, -0.2) is 0 Å². The van der Waals surface area contributed by atoms with E-state index in [0.717, 1.165) is 34.0 Å². The maximum absolute atomic E-state index is 3.47. The van der Waals surface area contributed by atoms with Gasteiger partial charge in [-0.15, -0.1) is 0 Å². The molecule has 0 aliphatic rings. The van der Waals surface area contributed by atoms with Crippen LogP contribution in [0.4, 0.5) is 28.4 Å². The quantitative estimate of drug-likeness (QED) is 0.146. The Kier molecular flexibility index (Phi) is 9.53. The van der Waals surface area contributed by atoms with Crippen molar-refractivity contribution >= 4 is 63.5 Å². The Balaban J connectivity index is 0.957. The minimum absolute atomic E-state index is 1.07. The lowest BCUT2D eigenvalue weighted by atomic mass is 9.98. The minimum atomic E-state index is 1.07. The average Bonchev–Trinajstić information content (AvgIpc) is 3.21. The molecule has 248 valence electrons. The average molecular weight is 667 g/mol. The summed E-state index contributed by atoms with van der Waals surface area (Å²) in [5.74, 6) is 0. The zero-order valence-electron chi connectivity index (χ0n) is 28.8. The molecule has 2 nitrogen and oxygen atoms in total. The summed E-state index contributed by atoms with van der Waals surface area (Å²) in [7, 11) is 0. The molecule has 0 aliphatic heterocycles. The van der Waals surface area contributed by atoms with E-state index in [4.69, 9.17) is 0 Å². The highest BCUT2D eigenvalue weighted by Crippen LogP contribution is 2.34. The Hall–Kier alpha value is -6.90. The van der Waals surface area contributed by atoms with Gasteiger partial charge in [0.25, 0.3) is 0 Å². The van der Waals surface area contributed by atoms with Crippen LogP contribution >= 0.6 is 0 Å². The summed E-state index contributed by atoms with van der Waals surface area (Å²) in [6, 6.07) is 70.5. The number of hydrogen-bond donors (Lipinski definition) is 1. The molecule has 0 amide bonds. The van der Waals surface area contributed by atoms with E-state index in [1.54, 1.807) is 0 Å². The Morgan fingerprint density at radius 3 is 1.42 bits per heavy atom. The van der Waals surface area contributed by atoms with Crippen LogP contribution in [0.5, 0.6) is 0 Å². The molecule has 8 aromatic carbocycles. The molecule has 1 N–H and O–H groups in total. The fraction of sp³-hybridized carbons (Fsp3) is 0. The number of hydrogen-bond acceptors (Lipinski definition) is 2. The van der Waals surface area contributed by atoms with Crippen LogP contribution in [0.1, 0.15) is 22.3 Å². The lowest BCUT2D eigenvalue weighted by molar-refractivity contribution is 1.28. The molecule has 0 aliphatic carbocycles. The molecule has 0 atom stereocenters. The van der Waals surface area contributed by atoms with Gasteiger partial charge in [-0.1, -0.05) is 152 Å². The predicted molar refractivity (Wildman–Crippen MR) is 225 cm³/mol. The molecule has 52 heavy (non-hydrogen) atoms. The summed E-state index contributed by atoms with van der Waals surface area (Å²) < 4.78 is 0. The molecular formula is C50H38N2. The van der Waals surface area contributed by atoms with Crippen LogP contribution in [0.3, 0.4) is 0 Å². The van der Waals surface area contributed by atoms with Gasteiger partial charge < -0.3 is 10.2 Å². The fourth-order valence-electron chi connectivity index (χ4n) is 6.53. The molecule has 2 heteroatoms. The Morgan fingerprint density at radius 2 is 0.808 bits per heavy atom. The fourth-order valence-corrected chi connectivity index (χ4v) is 6.53. The monoisotopic (exact) mass is 666 g/mol. The first kappa shape index (κ1) is 32.3. The van der Waals surface area contributed by atoms with E-state index in [2.05, 4.69) is 217 Å². The largest absolute Gasteiger partial charge is 0.356 e. The second-order valence-electron chi connectivity index (χ2n) is 12.8. The topological polar surface area (TPSA) is 15.3 Å². The van der Waals surface area contributed by atoms with Crippen LogP contribution in [0.2, 0.25) is 0 Å². The Labute approximate surface area is 306 Å². The predicted octanol–water partition coefficient (Wildman–Crippen LogP) is 14.1.